The van der Waals surface area contributed by atoms with E-state index in [9.17, 15) is 13.2 Å². The molecule has 1 fully saturated rings. The van der Waals surface area contributed by atoms with Gasteiger partial charge in [0.1, 0.15) is 0 Å². The van der Waals surface area contributed by atoms with Gasteiger partial charge in [-0.2, -0.15) is 11.8 Å². The number of halogens is 3. The minimum absolute atomic E-state index is 0.388. The van der Waals surface area contributed by atoms with Gasteiger partial charge in [0.2, 0.25) is 5.88 Å². The van der Waals surface area contributed by atoms with Gasteiger partial charge in [0.15, 0.2) is 0 Å². The molecule has 0 saturated carbocycles. The maximum absolute atomic E-state index is 12.0. The number of nitrogens with zero attached hydrogens (tertiary/aromatic N) is 1. The molecule has 1 aliphatic rings. The van der Waals surface area contributed by atoms with Gasteiger partial charge in [-0.1, -0.05) is 12.2 Å². The van der Waals surface area contributed by atoms with Crippen LogP contribution in [0.3, 0.4) is 0 Å². The Hall–Kier alpha value is -0.470. The van der Waals surface area contributed by atoms with E-state index in [1.807, 2.05) is 41.4 Å². The lowest BCUT2D eigenvalue weighted by Crippen LogP contribution is -2.18. The first-order valence-electron chi connectivity index (χ1n) is 6.12. The molecule has 0 aromatic carbocycles. The Labute approximate surface area is 134 Å². The van der Waals surface area contributed by atoms with E-state index in [2.05, 4.69) is 22.1 Å². The van der Waals surface area contributed by atoms with Gasteiger partial charge in [-0.15, -0.1) is 36.7 Å². The second kappa shape index (κ2) is 7.69. The van der Waals surface area contributed by atoms with Gasteiger partial charge in [0.05, 0.1) is 4.58 Å². The molecular weight excluding hydrogens is 339 g/mol. The van der Waals surface area contributed by atoms with Crippen LogP contribution in [0, 0.1) is 0 Å². The fraction of sp³-hybridized carbons (Fsp3) is 0.462. The highest BCUT2D eigenvalue weighted by Crippen LogP contribution is 2.35. The molecule has 0 amide bonds. The minimum atomic E-state index is -4.70. The van der Waals surface area contributed by atoms with Gasteiger partial charge >= 0.3 is 6.36 Å². The standard InChI is InChI=1S/C13H14F3NOS3/c1-19-10-7-20-12(21-8-10)5-3-9-2-4-11(17-6-9)18-13(14,15)16/h2-6,10,12H,7-8H2,1H3/b5-3+. The van der Waals surface area contributed by atoms with Gasteiger partial charge < -0.3 is 4.74 Å². The minimum Gasteiger partial charge on any atom is -0.388 e. The van der Waals surface area contributed by atoms with Gasteiger partial charge in [-0.25, -0.2) is 4.98 Å². The molecule has 2 rings (SSSR count). The number of pyridine rings is 1. The van der Waals surface area contributed by atoms with Crippen LogP contribution in [0.25, 0.3) is 6.08 Å². The molecule has 1 aromatic heterocycles. The largest absolute Gasteiger partial charge is 0.574 e. The number of rotatable bonds is 4. The topological polar surface area (TPSA) is 22.1 Å². The summed E-state index contributed by atoms with van der Waals surface area (Å²) in [6.45, 7) is 0. The molecule has 2 nitrogen and oxygen atoms in total. The van der Waals surface area contributed by atoms with Gasteiger partial charge in [-0.3, -0.25) is 0 Å². The molecule has 21 heavy (non-hydrogen) atoms. The summed E-state index contributed by atoms with van der Waals surface area (Å²) in [5.74, 6) is 1.81. The van der Waals surface area contributed by atoms with E-state index in [0.717, 1.165) is 17.1 Å². The molecule has 1 aromatic rings. The number of hydrogen-bond donors (Lipinski definition) is 0. The first-order chi connectivity index (χ1) is 9.96. The molecule has 0 atom stereocenters. The summed E-state index contributed by atoms with van der Waals surface area (Å²) in [6, 6.07) is 2.78. The summed E-state index contributed by atoms with van der Waals surface area (Å²) in [6.07, 6.45) is 2.74. The van der Waals surface area contributed by atoms with Crippen molar-refractivity contribution >= 4 is 41.4 Å². The molecule has 0 unspecified atom stereocenters. The van der Waals surface area contributed by atoms with E-state index in [0.29, 0.717) is 9.83 Å². The quantitative estimate of drug-likeness (QED) is 0.791. The first kappa shape index (κ1) is 16.9. The Kier molecular flexibility index (Phi) is 6.19. The van der Waals surface area contributed by atoms with Crippen molar-refractivity contribution in [2.24, 2.45) is 0 Å². The zero-order valence-corrected chi connectivity index (χ0v) is 13.6. The number of aromatic nitrogens is 1. The van der Waals surface area contributed by atoms with Gasteiger partial charge in [0.25, 0.3) is 0 Å². The Morgan fingerprint density at radius 1 is 1.33 bits per heavy atom. The molecule has 0 radical (unpaired) electrons. The lowest BCUT2D eigenvalue weighted by molar-refractivity contribution is -0.276. The van der Waals surface area contributed by atoms with Crippen molar-refractivity contribution in [1.82, 2.24) is 4.98 Å². The molecule has 0 N–H and O–H groups in total. The van der Waals surface area contributed by atoms with Crippen LogP contribution in [-0.2, 0) is 0 Å². The third kappa shape index (κ3) is 6.04. The Morgan fingerprint density at radius 3 is 2.57 bits per heavy atom. The molecule has 0 spiro atoms. The Bertz CT molecular complexity index is 471. The SMILES string of the molecule is CSC1CSC(/C=C/c2ccc(OC(F)(F)F)nc2)SC1. The first-order valence-corrected chi connectivity index (χ1v) is 9.51. The van der Waals surface area contributed by atoms with Crippen molar-refractivity contribution in [3.63, 3.8) is 0 Å². The van der Waals surface area contributed by atoms with Crippen LogP contribution < -0.4 is 4.74 Å². The summed E-state index contributed by atoms with van der Waals surface area (Å²) < 4.78 is 40.1. The summed E-state index contributed by atoms with van der Waals surface area (Å²) >= 11 is 5.66. The second-order valence-electron chi connectivity index (χ2n) is 4.23. The van der Waals surface area contributed by atoms with Crippen LogP contribution in [-0.4, -0.2) is 38.9 Å². The summed E-state index contributed by atoms with van der Waals surface area (Å²) in [4.78, 5) is 3.64. The van der Waals surface area contributed by atoms with Crippen molar-refractivity contribution in [2.75, 3.05) is 17.8 Å². The highest BCUT2D eigenvalue weighted by molar-refractivity contribution is 8.19. The average Bonchev–Trinajstić information content (AvgIpc) is 2.45. The number of ether oxygens (including phenoxy) is 1. The Balaban J connectivity index is 1.87. The lowest BCUT2D eigenvalue weighted by atomic mass is 10.2. The van der Waals surface area contributed by atoms with E-state index < -0.39 is 12.2 Å². The third-order valence-electron chi connectivity index (χ3n) is 2.65. The smallest absolute Gasteiger partial charge is 0.388 e. The molecule has 0 aliphatic carbocycles. The number of hydrogen-bond acceptors (Lipinski definition) is 5. The van der Waals surface area contributed by atoms with Crippen molar-refractivity contribution in [1.29, 1.82) is 0 Å². The molecule has 0 bridgehead atoms. The van der Waals surface area contributed by atoms with Crippen LogP contribution in [0.1, 0.15) is 5.56 Å². The normalized spacial score (nSPS) is 23.4. The van der Waals surface area contributed by atoms with Crippen LogP contribution in [0.4, 0.5) is 13.2 Å². The van der Waals surface area contributed by atoms with E-state index in [4.69, 9.17) is 0 Å². The van der Waals surface area contributed by atoms with Crippen molar-refractivity contribution in [3.8, 4) is 5.88 Å². The van der Waals surface area contributed by atoms with Gasteiger partial charge in [-0.05, 0) is 17.9 Å². The fourth-order valence-electron chi connectivity index (χ4n) is 1.61. The monoisotopic (exact) mass is 353 g/mol. The zero-order chi connectivity index (χ0) is 15.3. The number of alkyl halides is 3. The van der Waals surface area contributed by atoms with E-state index in [-0.39, 0.29) is 0 Å². The van der Waals surface area contributed by atoms with Crippen molar-refractivity contribution < 1.29 is 17.9 Å². The summed E-state index contributed by atoms with van der Waals surface area (Å²) in [5, 5.41) is 0.699. The molecule has 2 heterocycles. The predicted octanol–water partition coefficient (Wildman–Crippen LogP) is 4.53. The molecule has 8 heteroatoms. The van der Waals surface area contributed by atoms with Crippen molar-refractivity contribution in [2.45, 2.75) is 16.2 Å². The number of thioether (sulfide) groups is 3. The van der Waals surface area contributed by atoms with Crippen LogP contribution >= 0.6 is 35.3 Å². The van der Waals surface area contributed by atoms with Gasteiger partial charge in [0, 0.05) is 29.0 Å². The molecular formula is C13H14F3NOS3. The van der Waals surface area contributed by atoms with Crippen LogP contribution in [0.2, 0.25) is 0 Å². The molecule has 1 saturated heterocycles. The second-order valence-corrected chi connectivity index (χ2v) is 8.01. The highest BCUT2D eigenvalue weighted by Gasteiger charge is 2.31. The maximum atomic E-state index is 12.0. The summed E-state index contributed by atoms with van der Waals surface area (Å²) in [7, 11) is 0. The van der Waals surface area contributed by atoms with Crippen LogP contribution in [0.15, 0.2) is 24.4 Å². The maximum Gasteiger partial charge on any atom is 0.574 e. The lowest BCUT2D eigenvalue weighted by Gasteiger charge is -2.24. The highest BCUT2D eigenvalue weighted by atomic mass is 32.2. The van der Waals surface area contributed by atoms with Crippen molar-refractivity contribution in [3.05, 3.63) is 30.0 Å². The molecule has 1 aliphatic heterocycles. The third-order valence-corrected chi connectivity index (χ3v) is 7.05. The van der Waals surface area contributed by atoms with E-state index in [1.165, 1.54) is 12.3 Å². The Morgan fingerprint density at radius 2 is 2.05 bits per heavy atom. The van der Waals surface area contributed by atoms with E-state index in [1.54, 1.807) is 6.07 Å². The van der Waals surface area contributed by atoms with E-state index >= 15 is 0 Å². The van der Waals surface area contributed by atoms with Crippen LogP contribution in [0.5, 0.6) is 5.88 Å². The zero-order valence-electron chi connectivity index (χ0n) is 11.2. The average molecular weight is 353 g/mol. The molecule has 116 valence electrons. The predicted molar refractivity (Wildman–Crippen MR) is 86.0 cm³/mol. The fourth-order valence-corrected chi connectivity index (χ4v) is 5.60. The summed E-state index contributed by atoms with van der Waals surface area (Å²) in [5.41, 5.74) is 0.762.